The normalized spacial score (nSPS) is 21.4. The smallest absolute Gasteiger partial charge is 0.276 e. The summed E-state index contributed by atoms with van der Waals surface area (Å²) in [4.78, 5) is 29.4. The van der Waals surface area contributed by atoms with E-state index in [1.54, 1.807) is 15.8 Å². The van der Waals surface area contributed by atoms with Crippen LogP contribution >= 0.6 is 0 Å². The number of carbonyl (C=O) groups is 2. The van der Waals surface area contributed by atoms with Gasteiger partial charge in [0.05, 0.1) is 12.2 Å². The maximum Gasteiger partial charge on any atom is 0.276 e. The summed E-state index contributed by atoms with van der Waals surface area (Å²) in [6, 6.07) is 0.0573. The molecule has 8 nitrogen and oxygen atoms in total. The standard InChI is InChI=1S/C18H30N6O2/c1-13(2)16-12-22(9-6-17(25)24(16)10-14-4-5-14)18(26)15-11-23(21-20-15)8-3-7-19/h11,13-14,16H,3-10,12,19H2,1-2H3/t16-/m1/s1. The molecule has 1 saturated heterocycles. The van der Waals surface area contributed by atoms with Crippen LogP contribution in [0, 0.1) is 11.8 Å². The first kappa shape index (κ1) is 18.8. The summed E-state index contributed by atoms with van der Waals surface area (Å²) in [6.07, 6.45) is 5.27. The number of nitrogens with zero attached hydrogens (tertiary/aromatic N) is 5. The Bertz CT molecular complexity index is 639. The highest BCUT2D eigenvalue weighted by Gasteiger charge is 2.37. The van der Waals surface area contributed by atoms with Crippen molar-refractivity contribution in [3.63, 3.8) is 0 Å². The molecule has 0 aromatic carbocycles. The van der Waals surface area contributed by atoms with Gasteiger partial charge in [-0.15, -0.1) is 5.10 Å². The number of carbonyl (C=O) groups excluding carboxylic acids is 2. The second kappa shape index (κ2) is 8.16. The minimum Gasteiger partial charge on any atom is -0.337 e. The quantitative estimate of drug-likeness (QED) is 0.771. The fraction of sp³-hybridized carbons (Fsp3) is 0.778. The molecule has 0 spiro atoms. The van der Waals surface area contributed by atoms with Crippen LogP contribution < -0.4 is 5.73 Å². The topological polar surface area (TPSA) is 97.4 Å². The van der Waals surface area contributed by atoms with E-state index in [1.807, 2.05) is 4.90 Å². The van der Waals surface area contributed by atoms with Gasteiger partial charge in [-0.05, 0) is 37.6 Å². The van der Waals surface area contributed by atoms with E-state index in [0.29, 0.717) is 50.1 Å². The van der Waals surface area contributed by atoms with Crippen LogP contribution in [-0.2, 0) is 11.3 Å². The molecular weight excluding hydrogens is 332 g/mol. The summed E-state index contributed by atoms with van der Waals surface area (Å²) in [5.41, 5.74) is 5.85. The molecule has 26 heavy (non-hydrogen) atoms. The van der Waals surface area contributed by atoms with Crippen molar-refractivity contribution in [3.8, 4) is 0 Å². The van der Waals surface area contributed by atoms with Gasteiger partial charge in [0.2, 0.25) is 5.91 Å². The van der Waals surface area contributed by atoms with Gasteiger partial charge in [0.15, 0.2) is 5.69 Å². The van der Waals surface area contributed by atoms with Crippen LogP contribution in [0.1, 0.15) is 50.0 Å². The van der Waals surface area contributed by atoms with E-state index < -0.39 is 0 Å². The molecule has 1 aromatic rings. The van der Waals surface area contributed by atoms with Gasteiger partial charge in [0.1, 0.15) is 0 Å². The van der Waals surface area contributed by atoms with Gasteiger partial charge in [-0.25, -0.2) is 0 Å². The van der Waals surface area contributed by atoms with Crippen molar-refractivity contribution in [2.24, 2.45) is 17.6 Å². The zero-order valence-electron chi connectivity index (χ0n) is 15.8. The van der Waals surface area contributed by atoms with Crippen molar-refractivity contribution in [1.29, 1.82) is 0 Å². The highest BCUT2D eigenvalue weighted by atomic mass is 16.2. The summed E-state index contributed by atoms with van der Waals surface area (Å²) in [6.45, 7) is 7.30. The van der Waals surface area contributed by atoms with Crippen LogP contribution in [0.2, 0.25) is 0 Å². The van der Waals surface area contributed by atoms with Gasteiger partial charge in [-0.1, -0.05) is 19.1 Å². The molecular formula is C18H30N6O2. The maximum absolute atomic E-state index is 12.9. The molecule has 8 heteroatoms. The predicted octanol–water partition coefficient (Wildman–Crippen LogP) is 0.736. The van der Waals surface area contributed by atoms with E-state index in [2.05, 4.69) is 24.2 Å². The molecule has 144 valence electrons. The third-order valence-electron chi connectivity index (χ3n) is 5.28. The lowest BCUT2D eigenvalue weighted by Crippen LogP contribution is -2.48. The fourth-order valence-electron chi connectivity index (χ4n) is 3.47. The Balaban J connectivity index is 1.71. The summed E-state index contributed by atoms with van der Waals surface area (Å²) < 4.78 is 1.66. The van der Waals surface area contributed by atoms with Crippen molar-refractivity contribution in [2.45, 2.75) is 52.1 Å². The molecule has 3 rings (SSSR count). The maximum atomic E-state index is 12.9. The molecule has 2 fully saturated rings. The molecule has 1 aromatic heterocycles. The van der Waals surface area contributed by atoms with Crippen molar-refractivity contribution in [3.05, 3.63) is 11.9 Å². The lowest BCUT2D eigenvalue weighted by molar-refractivity contribution is -0.133. The first-order valence-electron chi connectivity index (χ1n) is 9.68. The lowest BCUT2D eigenvalue weighted by atomic mass is 10.0. The minimum atomic E-state index is -0.143. The number of rotatable bonds is 7. The molecule has 2 amide bonds. The van der Waals surface area contributed by atoms with Crippen LogP contribution in [0.25, 0.3) is 0 Å². The summed E-state index contributed by atoms with van der Waals surface area (Å²) in [5, 5.41) is 8.03. The zero-order valence-corrected chi connectivity index (χ0v) is 15.8. The lowest BCUT2D eigenvalue weighted by Gasteiger charge is -2.34. The molecule has 1 aliphatic heterocycles. The first-order valence-corrected chi connectivity index (χ1v) is 9.68. The van der Waals surface area contributed by atoms with Gasteiger partial charge < -0.3 is 15.5 Å². The summed E-state index contributed by atoms with van der Waals surface area (Å²) in [7, 11) is 0. The van der Waals surface area contributed by atoms with E-state index in [4.69, 9.17) is 5.73 Å². The van der Waals surface area contributed by atoms with Gasteiger partial charge >= 0.3 is 0 Å². The van der Waals surface area contributed by atoms with Gasteiger partial charge in [-0.3, -0.25) is 14.3 Å². The highest BCUT2D eigenvalue weighted by Crippen LogP contribution is 2.32. The number of hydrogen-bond donors (Lipinski definition) is 1. The minimum absolute atomic E-state index is 0.0573. The second-order valence-electron chi connectivity index (χ2n) is 7.81. The van der Waals surface area contributed by atoms with Crippen molar-refractivity contribution < 1.29 is 9.59 Å². The van der Waals surface area contributed by atoms with Crippen LogP contribution in [-0.4, -0.2) is 68.8 Å². The molecule has 2 aliphatic rings. The van der Waals surface area contributed by atoms with Crippen molar-refractivity contribution in [2.75, 3.05) is 26.2 Å². The van der Waals surface area contributed by atoms with Crippen molar-refractivity contribution >= 4 is 11.8 Å². The SMILES string of the molecule is CC(C)[C@H]1CN(C(=O)c2cn(CCCN)nn2)CCC(=O)N1CC1CC1. The third-order valence-corrected chi connectivity index (χ3v) is 5.28. The average Bonchev–Trinajstić information content (AvgIpc) is 3.35. The van der Waals surface area contributed by atoms with E-state index in [9.17, 15) is 9.59 Å². The summed E-state index contributed by atoms with van der Waals surface area (Å²) in [5.74, 6) is 0.962. The van der Waals surface area contributed by atoms with Crippen LogP contribution in [0.4, 0.5) is 0 Å². The van der Waals surface area contributed by atoms with Gasteiger partial charge in [-0.2, -0.15) is 0 Å². The van der Waals surface area contributed by atoms with E-state index in [1.165, 1.54) is 12.8 Å². The van der Waals surface area contributed by atoms with E-state index in [-0.39, 0.29) is 17.9 Å². The molecule has 1 saturated carbocycles. The summed E-state index contributed by atoms with van der Waals surface area (Å²) >= 11 is 0. The van der Waals surface area contributed by atoms with Crippen LogP contribution in [0.15, 0.2) is 6.20 Å². The molecule has 0 radical (unpaired) electrons. The average molecular weight is 362 g/mol. The number of aromatic nitrogens is 3. The number of nitrogens with two attached hydrogens (primary N) is 1. The highest BCUT2D eigenvalue weighted by molar-refractivity contribution is 5.92. The van der Waals surface area contributed by atoms with Gasteiger partial charge in [0.25, 0.3) is 5.91 Å². The van der Waals surface area contributed by atoms with E-state index in [0.717, 1.165) is 13.0 Å². The Labute approximate surface area is 154 Å². The second-order valence-corrected chi connectivity index (χ2v) is 7.81. The molecule has 2 N–H and O–H groups in total. The predicted molar refractivity (Wildman–Crippen MR) is 97.3 cm³/mol. The number of aryl methyl sites for hydroxylation is 1. The third kappa shape index (κ3) is 4.41. The molecule has 2 heterocycles. The zero-order chi connectivity index (χ0) is 18.7. The Morgan fingerprint density at radius 1 is 1.38 bits per heavy atom. The Morgan fingerprint density at radius 3 is 2.81 bits per heavy atom. The van der Waals surface area contributed by atoms with Crippen LogP contribution in [0.5, 0.6) is 0 Å². The van der Waals surface area contributed by atoms with Gasteiger partial charge in [0, 0.05) is 32.6 Å². The largest absolute Gasteiger partial charge is 0.337 e. The van der Waals surface area contributed by atoms with Crippen LogP contribution in [0.3, 0.4) is 0 Å². The Morgan fingerprint density at radius 2 is 2.15 bits per heavy atom. The van der Waals surface area contributed by atoms with E-state index >= 15 is 0 Å². The Hall–Kier alpha value is -1.96. The molecule has 1 atom stereocenters. The number of amides is 2. The first-order chi connectivity index (χ1) is 12.5. The monoisotopic (exact) mass is 362 g/mol. The Kier molecular flexibility index (Phi) is 5.90. The molecule has 0 bridgehead atoms. The molecule has 0 unspecified atom stereocenters. The van der Waals surface area contributed by atoms with Crippen molar-refractivity contribution in [1.82, 2.24) is 24.8 Å². The number of hydrogen-bond acceptors (Lipinski definition) is 5. The molecule has 1 aliphatic carbocycles. The fourth-order valence-corrected chi connectivity index (χ4v) is 3.47.